The molecule has 1 rings (SSSR count). The summed E-state index contributed by atoms with van der Waals surface area (Å²) in [6.07, 6.45) is 0. The van der Waals surface area contributed by atoms with Crippen molar-refractivity contribution < 1.29 is 8.42 Å². The van der Waals surface area contributed by atoms with E-state index in [0.717, 1.165) is 3.57 Å². The van der Waals surface area contributed by atoms with Crippen molar-refractivity contribution in [3.8, 4) is 0 Å². The fraction of sp³-hybridized carbons (Fsp3) is 0.250. The highest BCUT2D eigenvalue weighted by atomic mass is 127. The molecule has 0 unspecified atom stereocenters. The number of anilines is 1. The number of halogens is 2. The van der Waals surface area contributed by atoms with Crippen LogP contribution in [-0.2, 0) is 10.0 Å². The zero-order chi connectivity index (χ0) is 10.8. The second-order valence-electron chi connectivity index (χ2n) is 2.63. The van der Waals surface area contributed by atoms with Gasteiger partial charge in [0, 0.05) is 3.57 Å². The van der Waals surface area contributed by atoms with Crippen LogP contribution in [0.1, 0.15) is 6.92 Å². The summed E-state index contributed by atoms with van der Waals surface area (Å²) in [6.45, 7) is 1.57. The predicted molar refractivity (Wildman–Crippen MR) is 67.3 cm³/mol. The second kappa shape index (κ2) is 4.67. The van der Waals surface area contributed by atoms with Gasteiger partial charge < -0.3 is 0 Å². The van der Waals surface area contributed by atoms with E-state index in [1.54, 1.807) is 19.1 Å². The quantitative estimate of drug-likeness (QED) is 0.856. The van der Waals surface area contributed by atoms with E-state index in [9.17, 15) is 8.42 Å². The minimum absolute atomic E-state index is 0.0365. The van der Waals surface area contributed by atoms with Crippen LogP contribution in [0, 0.1) is 3.57 Å². The Bertz CT molecular complexity index is 433. The summed E-state index contributed by atoms with van der Waals surface area (Å²) in [5.74, 6) is 0.0365. The van der Waals surface area contributed by atoms with Crippen LogP contribution in [0.15, 0.2) is 18.2 Å². The van der Waals surface area contributed by atoms with E-state index < -0.39 is 10.0 Å². The molecule has 0 aliphatic carbocycles. The Hall–Kier alpha value is -0.0100. The molecule has 0 spiro atoms. The second-order valence-corrected chi connectivity index (χ2v) is 6.29. The molecule has 1 aromatic rings. The average Bonchev–Trinajstić information content (AvgIpc) is 2.11. The first-order valence-corrected chi connectivity index (χ1v) is 7.01. The van der Waals surface area contributed by atoms with Crippen LogP contribution in [0.5, 0.6) is 0 Å². The Morgan fingerprint density at radius 1 is 1.50 bits per heavy atom. The molecule has 0 bridgehead atoms. The van der Waals surface area contributed by atoms with E-state index in [2.05, 4.69) is 27.3 Å². The van der Waals surface area contributed by atoms with Crippen LogP contribution in [0.2, 0.25) is 5.02 Å². The van der Waals surface area contributed by atoms with E-state index >= 15 is 0 Å². The van der Waals surface area contributed by atoms with Gasteiger partial charge in [-0.3, -0.25) is 4.72 Å². The molecule has 1 aromatic carbocycles. The van der Waals surface area contributed by atoms with Crippen molar-refractivity contribution in [3.05, 3.63) is 26.8 Å². The molecule has 14 heavy (non-hydrogen) atoms. The standard InChI is InChI=1S/C8H9ClINO2S/c1-2-14(12,13)11-8-5-6(10)3-4-7(8)9/h3-5,11H,2H2,1H3. The number of rotatable bonds is 3. The van der Waals surface area contributed by atoms with Crippen LogP contribution >= 0.6 is 34.2 Å². The maximum atomic E-state index is 11.3. The van der Waals surface area contributed by atoms with Crippen molar-refractivity contribution in [1.82, 2.24) is 0 Å². The lowest BCUT2D eigenvalue weighted by Gasteiger charge is -2.07. The third kappa shape index (κ3) is 3.29. The molecule has 6 heteroatoms. The van der Waals surface area contributed by atoms with Crippen LogP contribution in [0.4, 0.5) is 5.69 Å². The largest absolute Gasteiger partial charge is 0.282 e. The summed E-state index contributed by atoms with van der Waals surface area (Å²) < 4.78 is 25.9. The number of sulfonamides is 1. The number of benzene rings is 1. The molecule has 0 aliphatic rings. The fourth-order valence-electron chi connectivity index (χ4n) is 0.815. The molecule has 78 valence electrons. The smallest absolute Gasteiger partial charge is 0.232 e. The molecule has 0 fully saturated rings. The van der Waals surface area contributed by atoms with Gasteiger partial charge in [0.15, 0.2) is 0 Å². The van der Waals surface area contributed by atoms with Crippen molar-refractivity contribution >= 4 is 49.9 Å². The Morgan fingerprint density at radius 2 is 2.14 bits per heavy atom. The molecule has 3 nitrogen and oxygen atoms in total. The molecular formula is C8H9ClINO2S. The third-order valence-electron chi connectivity index (χ3n) is 1.57. The Balaban J connectivity index is 3.03. The molecule has 0 aliphatic heterocycles. The van der Waals surface area contributed by atoms with Gasteiger partial charge in [0.1, 0.15) is 0 Å². The first-order chi connectivity index (χ1) is 6.44. The van der Waals surface area contributed by atoms with Gasteiger partial charge in [-0.25, -0.2) is 8.42 Å². The average molecular weight is 346 g/mol. The molecule has 0 radical (unpaired) electrons. The number of hydrogen-bond donors (Lipinski definition) is 1. The van der Waals surface area contributed by atoms with Crippen LogP contribution in [-0.4, -0.2) is 14.2 Å². The maximum absolute atomic E-state index is 11.3. The van der Waals surface area contributed by atoms with Crippen molar-refractivity contribution in [2.24, 2.45) is 0 Å². The monoisotopic (exact) mass is 345 g/mol. The first kappa shape index (κ1) is 12.1. The third-order valence-corrected chi connectivity index (χ3v) is 3.87. The van der Waals surface area contributed by atoms with E-state index in [-0.39, 0.29) is 5.75 Å². The Labute approximate surface area is 102 Å². The van der Waals surface area contributed by atoms with Gasteiger partial charge in [0.05, 0.1) is 16.5 Å². The SMILES string of the molecule is CCS(=O)(=O)Nc1cc(I)ccc1Cl. The van der Waals surface area contributed by atoms with E-state index in [0.29, 0.717) is 10.7 Å². The first-order valence-electron chi connectivity index (χ1n) is 3.90. The highest BCUT2D eigenvalue weighted by molar-refractivity contribution is 14.1. The zero-order valence-corrected chi connectivity index (χ0v) is 11.1. The maximum Gasteiger partial charge on any atom is 0.232 e. The summed E-state index contributed by atoms with van der Waals surface area (Å²) in [6, 6.07) is 5.17. The molecule has 0 saturated heterocycles. The summed E-state index contributed by atoms with van der Waals surface area (Å²) in [5.41, 5.74) is 0.431. The highest BCUT2D eigenvalue weighted by Crippen LogP contribution is 2.24. The summed E-state index contributed by atoms with van der Waals surface area (Å²) >= 11 is 7.92. The van der Waals surface area contributed by atoms with Crippen molar-refractivity contribution in [3.63, 3.8) is 0 Å². The normalized spacial score (nSPS) is 11.4. The fourth-order valence-corrected chi connectivity index (χ4v) is 2.18. The van der Waals surface area contributed by atoms with Gasteiger partial charge in [-0.15, -0.1) is 0 Å². The zero-order valence-electron chi connectivity index (χ0n) is 7.42. The molecular weight excluding hydrogens is 337 g/mol. The van der Waals surface area contributed by atoms with E-state index in [1.165, 1.54) is 0 Å². The van der Waals surface area contributed by atoms with E-state index in [4.69, 9.17) is 11.6 Å². The van der Waals surface area contributed by atoms with Crippen LogP contribution < -0.4 is 4.72 Å². The highest BCUT2D eigenvalue weighted by Gasteiger charge is 2.09. The van der Waals surface area contributed by atoms with Crippen molar-refractivity contribution in [1.29, 1.82) is 0 Å². The van der Waals surface area contributed by atoms with Crippen molar-refractivity contribution in [2.45, 2.75) is 6.92 Å². The minimum atomic E-state index is -3.25. The minimum Gasteiger partial charge on any atom is -0.282 e. The van der Waals surface area contributed by atoms with E-state index in [1.807, 2.05) is 6.07 Å². The number of hydrogen-bond acceptors (Lipinski definition) is 2. The Morgan fingerprint density at radius 3 is 2.71 bits per heavy atom. The lowest BCUT2D eigenvalue weighted by atomic mass is 10.3. The molecule has 0 saturated carbocycles. The topological polar surface area (TPSA) is 46.2 Å². The molecule has 0 aromatic heterocycles. The van der Waals surface area contributed by atoms with Gasteiger partial charge in [-0.05, 0) is 47.7 Å². The molecule has 1 N–H and O–H groups in total. The van der Waals surface area contributed by atoms with Gasteiger partial charge in [0.2, 0.25) is 10.0 Å². The predicted octanol–water partition coefficient (Wildman–Crippen LogP) is 2.71. The summed E-state index contributed by atoms with van der Waals surface area (Å²) in [7, 11) is -3.25. The van der Waals surface area contributed by atoms with Crippen LogP contribution in [0.25, 0.3) is 0 Å². The summed E-state index contributed by atoms with van der Waals surface area (Å²) in [4.78, 5) is 0. The number of nitrogens with one attached hydrogen (secondary N) is 1. The Kier molecular flexibility index (Phi) is 4.03. The van der Waals surface area contributed by atoms with Gasteiger partial charge >= 0.3 is 0 Å². The molecule has 0 heterocycles. The van der Waals surface area contributed by atoms with Crippen LogP contribution in [0.3, 0.4) is 0 Å². The van der Waals surface area contributed by atoms with Gasteiger partial charge in [-0.1, -0.05) is 11.6 Å². The van der Waals surface area contributed by atoms with Gasteiger partial charge in [0.25, 0.3) is 0 Å². The van der Waals surface area contributed by atoms with Crippen molar-refractivity contribution in [2.75, 3.05) is 10.5 Å². The van der Waals surface area contributed by atoms with Gasteiger partial charge in [-0.2, -0.15) is 0 Å². The lowest BCUT2D eigenvalue weighted by Crippen LogP contribution is -2.14. The summed E-state index contributed by atoms with van der Waals surface area (Å²) in [5, 5.41) is 0.405. The lowest BCUT2D eigenvalue weighted by molar-refractivity contribution is 0.602. The molecule has 0 atom stereocenters. The molecule has 0 amide bonds.